The van der Waals surface area contributed by atoms with Crippen LogP contribution in [0.4, 0.5) is 5.69 Å². The Hall–Kier alpha value is -0.690. The number of hydrogen-bond acceptors (Lipinski definition) is 1. The van der Waals surface area contributed by atoms with Crippen molar-refractivity contribution >= 4 is 17.3 Å². The van der Waals surface area contributed by atoms with Gasteiger partial charge in [-0.05, 0) is 43.2 Å². The van der Waals surface area contributed by atoms with E-state index in [0.29, 0.717) is 6.04 Å². The molecule has 2 heteroatoms. The van der Waals surface area contributed by atoms with Crippen molar-refractivity contribution in [3.05, 3.63) is 29.3 Å². The van der Waals surface area contributed by atoms with Gasteiger partial charge in [0.15, 0.2) is 0 Å². The van der Waals surface area contributed by atoms with E-state index in [-0.39, 0.29) is 0 Å². The van der Waals surface area contributed by atoms with Gasteiger partial charge in [0.1, 0.15) is 0 Å². The summed E-state index contributed by atoms with van der Waals surface area (Å²) in [6.45, 7) is 4.71. The molecule has 0 amide bonds. The van der Waals surface area contributed by atoms with Gasteiger partial charge in [0.05, 0.1) is 10.7 Å². The molecular weight excluding hydrogens is 242 g/mol. The van der Waals surface area contributed by atoms with Crippen molar-refractivity contribution in [2.24, 2.45) is 11.8 Å². The van der Waals surface area contributed by atoms with Crippen molar-refractivity contribution in [3.8, 4) is 0 Å². The smallest absolute Gasteiger partial charge is 0.0637 e. The molecule has 1 aromatic carbocycles. The number of hydrogen-bond donors (Lipinski definition) is 1. The Morgan fingerprint density at radius 2 is 1.89 bits per heavy atom. The summed E-state index contributed by atoms with van der Waals surface area (Å²) >= 11 is 6.20. The molecule has 0 heterocycles. The molecule has 2 unspecified atom stereocenters. The molecule has 1 nitrogen and oxygen atoms in total. The van der Waals surface area contributed by atoms with Crippen LogP contribution in [0.25, 0.3) is 0 Å². The van der Waals surface area contributed by atoms with E-state index in [2.05, 4.69) is 25.2 Å². The van der Waals surface area contributed by atoms with E-state index in [9.17, 15) is 0 Å². The quantitative estimate of drug-likeness (QED) is 0.726. The number of benzene rings is 1. The standard InChI is InChI=1S/C16H24ClN/c1-12(2)13-6-5-7-14(11-10-13)18-16-9-4-3-8-15(16)17/h3-4,8-9,12-14,18H,5-7,10-11H2,1-2H3. The summed E-state index contributed by atoms with van der Waals surface area (Å²) in [6.07, 6.45) is 6.62. The lowest BCUT2D eigenvalue weighted by atomic mass is 9.89. The van der Waals surface area contributed by atoms with Crippen molar-refractivity contribution in [2.45, 2.75) is 52.0 Å². The second-order valence-corrected chi connectivity index (χ2v) is 6.24. The fourth-order valence-electron chi connectivity index (χ4n) is 2.94. The number of halogens is 1. The third-order valence-corrected chi connectivity index (χ3v) is 4.52. The second kappa shape index (κ2) is 6.47. The first-order valence-electron chi connectivity index (χ1n) is 7.18. The zero-order valence-electron chi connectivity index (χ0n) is 11.5. The van der Waals surface area contributed by atoms with Crippen LogP contribution >= 0.6 is 11.6 Å². The van der Waals surface area contributed by atoms with Crippen LogP contribution in [0.2, 0.25) is 5.02 Å². The molecule has 0 aromatic heterocycles. The highest BCUT2D eigenvalue weighted by molar-refractivity contribution is 6.33. The second-order valence-electron chi connectivity index (χ2n) is 5.83. The van der Waals surface area contributed by atoms with E-state index >= 15 is 0 Å². The third kappa shape index (κ3) is 3.65. The van der Waals surface area contributed by atoms with Gasteiger partial charge in [0.2, 0.25) is 0 Å². The molecule has 1 N–H and O–H groups in total. The van der Waals surface area contributed by atoms with Crippen LogP contribution in [0.5, 0.6) is 0 Å². The van der Waals surface area contributed by atoms with Gasteiger partial charge in [-0.1, -0.05) is 50.4 Å². The normalized spacial score (nSPS) is 24.9. The summed E-state index contributed by atoms with van der Waals surface area (Å²) in [5, 5.41) is 4.45. The van der Waals surface area contributed by atoms with Gasteiger partial charge in [-0.3, -0.25) is 0 Å². The molecule has 2 rings (SSSR count). The fourth-order valence-corrected chi connectivity index (χ4v) is 3.13. The summed E-state index contributed by atoms with van der Waals surface area (Å²) in [5.41, 5.74) is 1.09. The van der Waals surface area contributed by atoms with Gasteiger partial charge in [0.25, 0.3) is 0 Å². The highest BCUT2D eigenvalue weighted by Gasteiger charge is 2.21. The molecule has 1 aliphatic rings. The molecule has 18 heavy (non-hydrogen) atoms. The topological polar surface area (TPSA) is 12.0 Å². The van der Waals surface area contributed by atoms with Crippen LogP contribution in [-0.2, 0) is 0 Å². The molecular formula is C16H24ClN. The molecule has 1 aromatic rings. The average Bonchev–Trinajstić information content (AvgIpc) is 2.58. The van der Waals surface area contributed by atoms with Crippen molar-refractivity contribution in [1.82, 2.24) is 0 Å². The first kappa shape index (κ1) is 13.7. The minimum atomic E-state index is 0.591. The number of nitrogens with one attached hydrogen (secondary N) is 1. The summed E-state index contributed by atoms with van der Waals surface area (Å²) in [5.74, 6) is 1.73. The first-order valence-corrected chi connectivity index (χ1v) is 7.55. The number of anilines is 1. The highest BCUT2D eigenvalue weighted by Crippen LogP contribution is 2.31. The zero-order valence-corrected chi connectivity index (χ0v) is 12.2. The summed E-state index contributed by atoms with van der Waals surface area (Å²) < 4.78 is 0. The van der Waals surface area contributed by atoms with E-state index in [1.807, 2.05) is 18.2 Å². The maximum atomic E-state index is 6.20. The number of para-hydroxylation sites is 1. The Morgan fingerprint density at radius 1 is 1.11 bits per heavy atom. The van der Waals surface area contributed by atoms with Gasteiger partial charge in [-0.15, -0.1) is 0 Å². The largest absolute Gasteiger partial charge is 0.381 e. The van der Waals surface area contributed by atoms with E-state index in [1.165, 1.54) is 32.1 Å². The van der Waals surface area contributed by atoms with E-state index in [1.54, 1.807) is 0 Å². The Bertz CT molecular complexity index is 375. The van der Waals surface area contributed by atoms with Crippen LogP contribution < -0.4 is 5.32 Å². The molecule has 1 saturated carbocycles. The van der Waals surface area contributed by atoms with Crippen LogP contribution in [0.3, 0.4) is 0 Å². The van der Waals surface area contributed by atoms with Crippen molar-refractivity contribution in [2.75, 3.05) is 5.32 Å². The lowest BCUT2D eigenvalue weighted by Crippen LogP contribution is -2.19. The molecule has 1 aliphatic carbocycles. The van der Waals surface area contributed by atoms with Crippen molar-refractivity contribution < 1.29 is 0 Å². The zero-order chi connectivity index (χ0) is 13.0. The number of rotatable bonds is 3. The molecule has 100 valence electrons. The van der Waals surface area contributed by atoms with Gasteiger partial charge in [-0.2, -0.15) is 0 Å². The minimum absolute atomic E-state index is 0.591. The summed E-state index contributed by atoms with van der Waals surface area (Å²) in [7, 11) is 0. The predicted octanol–water partition coefficient (Wildman–Crippen LogP) is 5.36. The highest BCUT2D eigenvalue weighted by atomic mass is 35.5. The van der Waals surface area contributed by atoms with Gasteiger partial charge in [-0.25, -0.2) is 0 Å². The molecule has 1 fully saturated rings. The van der Waals surface area contributed by atoms with Crippen LogP contribution in [0.15, 0.2) is 24.3 Å². The predicted molar refractivity (Wildman–Crippen MR) is 80.3 cm³/mol. The molecule has 2 atom stereocenters. The first-order chi connectivity index (χ1) is 8.66. The average molecular weight is 266 g/mol. The van der Waals surface area contributed by atoms with Gasteiger partial charge < -0.3 is 5.32 Å². The maximum Gasteiger partial charge on any atom is 0.0637 e. The Balaban J connectivity index is 1.93. The molecule has 0 spiro atoms. The van der Waals surface area contributed by atoms with E-state index < -0.39 is 0 Å². The SMILES string of the molecule is CC(C)C1CCCC(Nc2ccccc2Cl)CC1. The van der Waals surface area contributed by atoms with Crippen molar-refractivity contribution in [1.29, 1.82) is 0 Å². The Kier molecular flexibility index (Phi) is 4.94. The monoisotopic (exact) mass is 265 g/mol. The molecule has 0 bridgehead atoms. The van der Waals surface area contributed by atoms with Crippen molar-refractivity contribution in [3.63, 3.8) is 0 Å². The third-order valence-electron chi connectivity index (χ3n) is 4.19. The Labute approximate surface area is 116 Å². The Morgan fingerprint density at radius 3 is 2.61 bits per heavy atom. The van der Waals surface area contributed by atoms with E-state index in [0.717, 1.165) is 22.5 Å². The van der Waals surface area contributed by atoms with Gasteiger partial charge >= 0.3 is 0 Å². The summed E-state index contributed by atoms with van der Waals surface area (Å²) in [4.78, 5) is 0. The molecule has 0 radical (unpaired) electrons. The lowest BCUT2D eigenvalue weighted by molar-refractivity contribution is 0.341. The summed E-state index contributed by atoms with van der Waals surface area (Å²) in [6, 6.07) is 8.65. The van der Waals surface area contributed by atoms with Crippen LogP contribution in [0.1, 0.15) is 46.0 Å². The molecule has 0 aliphatic heterocycles. The fraction of sp³-hybridized carbons (Fsp3) is 0.625. The maximum absolute atomic E-state index is 6.20. The van der Waals surface area contributed by atoms with Crippen LogP contribution in [-0.4, -0.2) is 6.04 Å². The lowest BCUT2D eigenvalue weighted by Gasteiger charge is -2.20. The van der Waals surface area contributed by atoms with Gasteiger partial charge in [0, 0.05) is 6.04 Å². The van der Waals surface area contributed by atoms with Crippen LogP contribution in [0, 0.1) is 11.8 Å². The minimum Gasteiger partial charge on any atom is -0.381 e. The van der Waals surface area contributed by atoms with E-state index in [4.69, 9.17) is 11.6 Å². The molecule has 0 saturated heterocycles.